The first-order chi connectivity index (χ1) is 8.36. The maximum atomic E-state index is 4.98. The molecule has 1 fully saturated rings. The van der Waals surface area contributed by atoms with Crippen molar-refractivity contribution in [2.75, 3.05) is 20.3 Å². The van der Waals surface area contributed by atoms with Crippen LogP contribution in [0.5, 0.6) is 0 Å². The molecule has 6 heteroatoms. The van der Waals surface area contributed by atoms with Crippen molar-refractivity contribution in [3.05, 3.63) is 5.82 Å². The average molecular weight is 239 g/mol. The van der Waals surface area contributed by atoms with E-state index in [2.05, 4.69) is 27.8 Å². The minimum absolute atomic E-state index is 0.532. The van der Waals surface area contributed by atoms with Crippen molar-refractivity contribution >= 4 is 0 Å². The lowest BCUT2D eigenvalue weighted by Crippen LogP contribution is -2.21. The minimum Gasteiger partial charge on any atom is -0.383 e. The highest BCUT2D eigenvalue weighted by Crippen LogP contribution is 2.46. The van der Waals surface area contributed by atoms with E-state index in [9.17, 15) is 0 Å². The van der Waals surface area contributed by atoms with Crippen LogP contribution in [0.2, 0.25) is 0 Å². The summed E-state index contributed by atoms with van der Waals surface area (Å²) in [5.74, 6) is 1.71. The molecule has 17 heavy (non-hydrogen) atoms. The monoisotopic (exact) mass is 239 g/mol. The second kappa shape index (κ2) is 6.07. The van der Waals surface area contributed by atoms with Gasteiger partial charge in [0.2, 0.25) is 0 Å². The zero-order valence-electron chi connectivity index (χ0n) is 10.6. The smallest absolute Gasteiger partial charge is 0.165 e. The molecular weight excluding hydrogens is 218 g/mol. The predicted octanol–water partition coefficient (Wildman–Crippen LogP) is 0.770. The number of nitrogens with zero attached hydrogens (tertiary/aromatic N) is 4. The fourth-order valence-electron chi connectivity index (χ4n) is 2.17. The lowest BCUT2D eigenvalue weighted by molar-refractivity contribution is 0.198. The van der Waals surface area contributed by atoms with Gasteiger partial charge in [0, 0.05) is 13.7 Å². The Morgan fingerprint density at radius 1 is 1.53 bits per heavy atom. The van der Waals surface area contributed by atoms with Gasteiger partial charge < -0.3 is 10.1 Å². The molecule has 1 aliphatic carbocycles. The van der Waals surface area contributed by atoms with E-state index in [1.807, 2.05) is 4.68 Å². The molecule has 0 spiro atoms. The third-order valence-corrected chi connectivity index (χ3v) is 3.19. The molecule has 1 N–H and O–H groups in total. The second-order valence-electron chi connectivity index (χ2n) is 4.56. The van der Waals surface area contributed by atoms with E-state index in [0.717, 1.165) is 18.3 Å². The first kappa shape index (κ1) is 12.4. The number of hydrogen-bond acceptors (Lipinski definition) is 5. The first-order valence-corrected chi connectivity index (χ1v) is 6.33. The predicted molar refractivity (Wildman–Crippen MR) is 63.5 cm³/mol. The number of nitrogens with one attached hydrogen (secondary N) is 1. The van der Waals surface area contributed by atoms with Crippen LogP contribution in [-0.4, -0.2) is 40.5 Å². The van der Waals surface area contributed by atoms with Crippen LogP contribution < -0.4 is 5.32 Å². The second-order valence-corrected chi connectivity index (χ2v) is 4.56. The maximum Gasteiger partial charge on any atom is 0.165 e. The quantitative estimate of drug-likeness (QED) is 0.679. The zero-order chi connectivity index (χ0) is 12.1. The fourth-order valence-corrected chi connectivity index (χ4v) is 2.17. The van der Waals surface area contributed by atoms with Crippen LogP contribution in [-0.2, 0) is 11.3 Å². The molecule has 1 aromatic heterocycles. The topological polar surface area (TPSA) is 64.9 Å². The van der Waals surface area contributed by atoms with Crippen molar-refractivity contribution < 1.29 is 4.74 Å². The fraction of sp³-hybridized carbons (Fsp3) is 0.909. The Balaban J connectivity index is 1.81. The van der Waals surface area contributed by atoms with Gasteiger partial charge in [0.1, 0.15) is 0 Å². The van der Waals surface area contributed by atoms with Crippen molar-refractivity contribution in [1.82, 2.24) is 25.5 Å². The Morgan fingerprint density at radius 3 is 3.18 bits per heavy atom. The Morgan fingerprint density at radius 2 is 2.41 bits per heavy atom. The minimum atomic E-state index is 0.532. The van der Waals surface area contributed by atoms with E-state index < -0.39 is 0 Å². The summed E-state index contributed by atoms with van der Waals surface area (Å²) in [5, 5.41) is 15.2. The molecule has 6 nitrogen and oxygen atoms in total. The molecule has 2 unspecified atom stereocenters. The molecule has 1 heterocycles. The number of aromatic nitrogens is 4. The number of tetrazole rings is 1. The van der Waals surface area contributed by atoms with Gasteiger partial charge in [-0.15, -0.1) is 5.10 Å². The van der Waals surface area contributed by atoms with Gasteiger partial charge >= 0.3 is 0 Å². The van der Waals surface area contributed by atoms with Crippen LogP contribution in [0.1, 0.15) is 38.1 Å². The molecule has 0 aliphatic heterocycles. The van der Waals surface area contributed by atoms with E-state index in [-0.39, 0.29) is 0 Å². The van der Waals surface area contributed by atoms with Crippen molar-refractivity contribution in [2.24, 2.45) is 5.92 Å². The van der Waals surface area contributed by atoms with E-state index in [4.69, 9.17) is 4.74 Å². The van der Waals surface area contributed by atoms with Crippen LogP contribution in [0, 0.1) is 5.92 Å². The third kappa shape index (κ3) is 3.23. The number of ether oxygens (including phenoxy) is 1. The highest BCUT2D eigenvalue weighted by atomic mass is 16.5. The molecule has 0 aromatic carbocycles. The molecular formula is C11H21N5O. The highest BCUT2D eigenvalue weighted by Gasteiger charge is 2.39. The van der Waals surface area contributed by atoms with Gasteiger partial charge in [0.15, 0.2) is 5.82 Å². The van der Waals surface area contributed by atoms with Gasteiger partial charge in [0.05, 0.1) is 19.2 Å². The van der Waals surface area contributed by atoms with Crippen LogP contribution in [0.4, 0.5) is 0 Å². The van der Waals surface area contributed by atoms with Gasteiger partial charge in [0.25, 0.3) is 0 Å². The van der Waals surface area contributed by atoms with Crippen molar-refractivity contribution in [2.45, 2.75) is 38.8 Å². The Hall–Kier alpha value is -1.01. The molecule has 96 valence electrons. The standard InChI is InChI=1S/C11H21N5O/c1-3-4-9-7-10(9)16-11(13-14-15-16)8-12-5-6-17-2/h9-10,12H,3-8H2,1-2H3. The Labute approximate surface area is 102 Å². The van der Waals surface area contributed by atoms with Crippen LogP contribution in [0.3, 0.4) is 0 Å². The molecule has 0 saturated heterocycles. The average Bonchev–Trinajstić information content (AvgIpc) is 2.93. The Kier molecular flexibility index (Phi) is 4.44. The maximum absolute atomic E-state index is 4.98. The zero-order valence-corrected chi connectivity index (χ0v) is 10.6. The summed E-state index contributed by atoms with van der Waals surface area (Å²) in [6.07, 6.45) is 3.75. The Bertz CT molecular complexity index is 340. The van der Waals surface area contributed by atoms with Gasteiger partial charge in [-0.1, -0.05) is 13.3 Å². The molecule has 1 aromatic rings. The molecule has 0 bridgehead atoms. The lowest BCUT2D eigenvalue weighted by Gasteiger charge is -2.05. The van der Waals surface area contributed by atoms with Gasteiger partial charge in [-0.25, -0.2) is 4.68 Å². The van der Waals surface area contributed by atoms with Crippen molar-refractivity contribution in [3.8, 4) is 0 Å². The first-order valence-electron chi connectivity index (χ1n) is 6.33. The summed E-state index contributed by atoms with van der Waals surface area (Å²) in [6.45, 7) is 4.48. The van der Waals surface area contributed by atoms with E-state index in [1.54, 1.807) is 7.11 Å². The molecule has 1 aliphatic rings. The molecule has 2 rings (SSSR count). The lowest BCUT2D eigenvalue weighted by atomic mass is 10.2. The summed E-state index contributed by atoms with van der Waals surface area (Å²) < 4.78 is 6.97. The summed E-state index contributed by atoms with van der Waals surface area (Å²) >= 11 is 0. The molecule has 2 atom stereocenters. The molecule has 0 amide bonds. The number of methoxy groups -OCH3 is 1. The van der Waals surface area contributed by atoms with Crippen molar-refractivity contribution in [3.63, 3.8) is 0 Å². The van der Waals surface area contributed by atoms with E-state index in [0.29, 0.717) is 19.2 Å². The highest BCUT2D eigenvalue weighted by molar-refractivity contribution is 4.95. The SMILES string of the molecule is CCCC1CC1n1nnnc1CNCCOC. The van der Waals surface area contributed by atoms with Crippen LogP contribution in [0.15, 0.2) is 0 Å². The van der Waals surface area contributed by atoms with Crippen molar-refractivity contribution in [1.29, 1.82) is 0 Å². The number of rotatable bonds is 8. The van der Waals surface area contributed by atoms with Gasteiger partial charge in [-0.2, -0.15) is 0 Å². The normalized spacial score (nSPS) is 22.9. The van der Waals surface area contributed by atoms with Gasteiger partial charge in [-0.05, 0) is 29.2 Å². The summed E-state index contributed by atoms with van der Waals surface area (Å²) in [7, 11) is 1.70. The summed E-state index contributed by atoms with van der Waals surface area (Å²) in [4.78, 5) is 0. The third-order valence-electron chi connectivity index (χ3n) is 3.19. The largest absolute Gasteiger partial charge is 0.383 e. The van der Waals surface area contributed by atoms with Gasteiger partial charge in [-0.3, -0.25) is 0 Å². The molecule has 0 radical (unpaired) electrons. The van der Waals surface area contributed by atoms with E-state index >= 15 is 0 Å². The molecule has 1 saturated carbocycles. The summed E-state index contributed by atoms with van der Waals surface area (Å²) in [6, 6.07) is 0.532. The summed E-state index contributed by atoms with van der Waals surface area (Å²) in [5.41, 5.74) is 0. The van der Waals surface area contributed by atoms with Crippen LogP contribution >= 0.6 is 0 Å². The van der Waals surface area contributed by atoms with Crippen LogP contribution in [0.25, 0.3) is 0 Å². The van der Waals surface area contributed by atoms with E-state index in [1.165, 1.54) is 19.3 Å². The number of hydrogen-bond donors (Lipinski definition) is 1.